The molecular formula is C19H19BrClNO. The SMILES string of the molecule is COc1cc2c(cc1Cl)CCN[C@H]1CCc3cc(Br)ccc3[C@H]21. The van der Waals surface area contributed by atoms with Crippen LogP contribution in [-0.2, 0) is 12.8 Å². The Morgan fingerprint density at radius 3 is 2.78 bits per heavy atom. The third kappa shape index (κ3) is 2.69. The first-order valence-electron chi connectivity index (χ1n) is 8.05. The molecule has 0 unspecified atom stereocenters. The van der Waals surface area contributed by atoms with Gasteiger partial charge in [0.25, 0.3) is 0 Å². The van der Waals surface area contributed by atoms with E-state index in [4.69, 9.17) is 16.3 Å². The van der Waals surface area contributed by atoms with Gasteiger partial charge >= 0.3 is 0 Å². The molecule has 2 aromatic carbocycles. The lowest BCUT2D eigenvalue weighted by atomic mass is 9.75. The molecule has 1 aliphatic carbocycles. The van der Waals surface area contributed by atoms with Crippen LogP contribution < -0.4 is 10.1 Å². The van der Waals surface area contributed by atoms with Crippen molar-refractivity contribution < 1.29 is 4.74 Å². The van der Waals surface area contributed by atoms with Gasteiger partial charge in [-0.2, -0.15) is 0 Å². The zero-order valence-corrected chi connectivity index (χ0v) is 15.4. The third-order valence-corrected chi connectivity index (χ3v) is 5.91. The molecule has 0 fully saturated rings. The molecule has 0 saturated heterocycles. The number of hydrogen-bond donors (Lipinski definition) is 1. The number of nitrogens with one attached hydrogen (secondary N) is 1. The summed E-state index contributed by atoms with van der Waals surface area (Å²) in [5.74, 6) is 1.14. The predicted molar refractivity (Wildman–Crippen MR) is 97.8 cm³/mol. The predicted octanol–water partition coefficient (Wildman–Crippen LogP) is 4.70. The Balaban J connectivity index is 1.91. The highest BCUT2D eigenvalue weighted by Gasteiger charge is 2.34. The fourth-order valence-corrected chi connectivity index (χ4v) is 4.73. The third-order valence-electron chi connectivity index (χ3n) is 5.12. The van der Waals surface area contributed by atoms with Gasteiger partial charge in [-0.15, -0.1) is 0 Å². The number of benzene rings is 2. The fraction of sp³-hybridized carbons (Fsp3) is 0.368. The van der Waals surface area contributed by atoms with Crippen molar-refractivity contribution in [1.29, 1.82) is 0 Å². The fourth-order valence-electron chi connectivity index (χ4n) is 4.06. The molecule has 23 heavy (non-hydrogen) atoms. The zero-order chi connectivity index (χ0) is 16.0. The Hall–Kier alpha value is -1.03. The highest BCUT2D eigenvalue weighted by molar-refractivity contribution is 9.10. The van der Waals surface area contributed by atoms with Crippen molar-refractivity contribution in [2.24, 2.45) is 0 Å². The summed E-state index contributed by atoms with van der Waals surface area (Å²) < 4.78 is 6.64. The van der Waals surface area contributed by atoms with Crippen LogP contribution in [0.3, 0.4) is 0 Å². The molecule has 0 radical (unpaired) electrons. The molecule has 4 heteroatoms. The summed E-state index contributed by atoms with van der Waals surface area (Å²) in [6.07, 6.45) is 3.30. The average Bonchev–Trinajstić information content (AvgIpc) is 2.72. The minimum Gasteiger partial charge on any atom is -0.495 e. The minimum atomic E-state index is 0.371. The lowest BCUT2D eigenvalue weighted by Gasteiger charge is -2.34. The number of halogens is 2. The number of hydrogen-bond acceptors (Lipinski definition) is 2. The van der Waals surface area contributed by atoms with Crippen LogP contribution in [0.15, 0.2) is 34.8 Å². The van der Waals surface area contributed by atoms with E-state index in [1.54, 1.807) is 7.11 Å². The van der Waals surface area contributed by atoms with Crippen molar-refractivity contribution >= 4 is 27.5 Å². The Labute approximate surface area is 150 Å². The molecular weight excluding hydrogens is 374 g/mol. The van der Waals surface area contributed by atoms with Gasteiger partial charge in [0.2, 0.25) is 0 Å². The molecule has 0 amide bonds. The molecule has 0 saturated carbocycles. The lowest BCUT2D eigenvalue weighted by molar-refractivity contribution is 0.411. The van der Waals surface area contributed by atoms with Crippen molar-refractivity contribution in [3.8, 4) is 5.75 Å². The molecule has 1 N–H and O–H groups in total. The maximum Gasteiger partial charge on any atom is 0.137 e. The van der Waals surface area contributed by atoms with Gasteiger partial charge in [-0.3, -0.25) is 0 Å². The van der Waals surface area contributed by atoms with Crippen LogP contribution in [0.5, 0.6) is 5.75 Å². The van der Waals surface area contributed by atoms with Crippen LogP contribution >= 0.6 is 27.5 Å². The van der Waals surface area contributed by atoms with E-state index in [-0.39, 0.29) is 0 Å². The monoisotopic (exact) mass is 391 g/mol. The van der Waals surface area contributed by atoms with Gasteiger partial charge in [-0.1, -0.05) is 33.6 Å². The molecule has 4 rings (SSSR count). The Bertz CT molecular complexity index is 761. The van der Waals surface area contributed by atoms with Crippen LogP contribution in [0.1, 0.15) is 34.6 Å². The van der Waals surface area contributed by atoms with Gasteiger partial charge in [0.1, 0.15) is 5.75 Å². The van der Waals surface area contributed by atoms with E-state index in [1.165, 1.54) is 28.7 Å². The minimum absolute atomic E-state index is 0.371. The van der Waals surface area contributed by atoms with E-state index < -0.39 is 0 Å². The number of fused-ring (bicyclic) bond motifs is 5. The summed E-state index contributed by atoms with van der Waals surface area (Å²) in [5.41, 5.74) is 5.59. The second-order valence-corrected chi connectivity index (χ2v) is 7.68. The molecule has 1 heterocycles. The van der Waals surface area contributed by atoms with E-state index in [1.807, 2.05) is 0 Å². The molecule has 2 aromatic rings. The van der Waals surface area contributed by atoms with Gasteiger partial charge < -0.3 is 10.1 Å². The smallest absolute Gasteiger partial charge is 0.137 e. The Kier molecular flexibility index (Phi) is 4.12. The molecule has 1 aliphatic heterocycles. The quantitative estimate of drug-likeness (QED) is 0.759. The summed E-state index contributed by atoms with van der Waals surface area (Å²) in [4.78, 5) is 0. The van der Waals surface area contributed by atoms with Gasteiger partial charge in [0.05, 0.1) is 12.1 Å². The van der Waals surface area contributed by atoms with Crippen LogP contribution in [0.25, 0.3) is 0 Å². The Morgan fingerprint density at radius 2 is 1.96 bits per heavy atom. The van der Waals surface area contributed by atoms with Crippen LogP contribution in [0.2, 0.25) is 5.02 Å². The first-order chi connectivity index (χ1) is 11.2. The van der Waals surface area contributed by atoms with E-state index >= 15 is 0 Å². The Morgan fingerprint density at radius 1 is 1.13 bits per heavy atom. The summed E-state index contributed by atoms with van der Waals surface area (Å²) >= 11 is 9.96. The van der Waals surface area contributed by atoms with E-state index in [2.05, 4.69) is 51.6 Å². The van der Waals surface area contributed by atoms with Crippen molar-refractivity contribution in [3.05, 3.63) is 62.1 Å². The molecule has 2 atom stereocenters. The summed E-state index contributed by atoms with van der Waals surface area (Å²) in [7, 11) is 1.69. The van der Waals surface area contributed by atoms with Gasteiger partial charge in [-0.25, -0.2) is 0 Å². The van der Waals surface area contributed by atoms with Crippen LogP contribution in [0, 0.1) is 0 Å². The second kappa shape index (κ2) is 6.12. The maximum absolute atomic E-state index is 6.36. The van der Waals surface area contributed by atoms with Crippen LogP contribution in [0.4, 0.5) is 0 Å². The summed E-state index contributed by atoms with van der Waals surface area (Å²) in [6, 6.07) is 11.4. The number of methoxy groups -OCH3 is 1. The van der Waals surface area contributed by atoms with E-state index in [9.17, 15) is 0 Å². The standard InChI is InChI=1S/C19H19BrClNO/c1-23-18-10-15-12(9-16(18)21)6-7-22-17-5-2-11-8-13(20)3-4-14(11)19(15)17/h3-4,8-10,17,19,22H,2,5-7H2,1H3/t17-,19+/m0/s1. The maximum atomic E-state index is 6.36. The molecule has 120 valence electrons. The lowest BCUT2D eigenvalue weighted by Crippen LogP contribution is -2.38. The normalized spacial score (nSPS) is 22.6. The van der Waals surface area contributed by atoms with Crippen molar-refractivity contribution in [2.75, 3.05) is 13.7 Å². The number of aryl methyl sites for hydroxylation is 1. The molecule has 2 nitrogen and oxygen atoms in total. The second-order valence-electron chi connectivity index (χ2n) is 6.36. The van der Waals surface area contributed by atoms with Gasteiger partial charge in [0.15, 0.2) is 0 Å². The van der Waals surface area contributed by atoms with Crippen molar-refractivity contribution in [2.45, 2.75) is 31.2 Å². The van der Waals surface area contributed by atoms with Gasteiger partial charge in [0, 0.05) is 16.4 Å². The topological polar surface area (TPSA) is 21.3 Å². The van der Waals surface area contributed by atoms with Crippen LogP contribution in [-0.4, -0.2) is 19.7 Å². The van der Waals surface area contributed by atoms with Crippen molar-refractivity contribution in [3.63, 3.8) is 0 Å². The van der Waals surface area contributed by atoms with E-state index in [0.717, 1.165) is 29.6 Å². The highest BCUT2D eigenvalue weighted by atomic mass is 79.9. The van der Waals surface area contributed by atoms with Crippen molar-refractivity contribution in [1.82, 2.24) is 5.32 Å². The molecule has 0 aromatic heterocycles. The zero-order valence-electron chi connectivity index (χ0n) is 13.0. The molecule has 0 spiro atoms. The summed E-state index contributed by atoms with van der Waals surface area (Å²) in [5, 5.41) is 4.45. The first kappa shape index (κ1) is 15.5. The number of rotatable bonds is 1. The largest absolute Gasteiger partial charge is 0.495 e. The highest BCUT2D eigenvalue weighted by Crippen LogP contribution is 2.43. The summed E-state index contributed by atoms with van der Waals surface area (Å²) in [6.45, 7) is 1.00. The number of ether oxygens (including phenoxy) is 1. The first-order valence-corrected chi connectivity index (χ1v) is 9.22. The average molecular weight is 393 g/mol. The van der Waals surface area contributed by atoms with E-state index in [0.29, 0.717) is 17.0 Å². The molecule has 2 aliphatic rings. The van der Waals surface area contributed by atoms with Gasteiger partial charge in [-0.05, 0) is 72.3 Å². The molecule has 0 bridgehead atoms.